The number of halogens is 3. The lowest BCUT2D eigenvalue weighted by molar-refractivity contribution is -0.184. The zero-order chi connectivity index (χ0) is 16.6. The second-order valence-corrected chi connectivity index (χ2v) is 5.71. The number of nitrogens with one attached hydrogen (secondary N) is 1. The fourth-order valence-corrected chi connectivity index (χ4v) is 2.93. The number of alkyl halides is 3. The van der Waals surface area contributed by atoms with Crippen molar-refractivity contribution in [2.45, 2.75) is 19.0 Å². The summed E-state index contributed by atoms with van der Waals surface area (Å²) < 4.78 is 38.6. The fraction of sp³-hybridized carbons (Fsp3) is 0.375. The van der Waals surface area contributed by atoms with Crippen molar-refractivity contribution in [1.29, 1.82) is 0 Å². The molecule has 122 valence electrons. The van der Waals surface area contributed by atoms with Crippen molar-refractivity contribution in [3.05, 3.63) is 46.2 Å². The summed E-state index contributed by atoms with van der Waals surface area (Å²) in [6.07, 6.45) is -2.75. The van der Waals surface area contributed by atoms with Crippen LogP contribution in [0.25, 0.3) is 10.9 Å². The number of pyridine rings is 1. The van der Waals surface area contributed by atoms with Crippen LogP contribution in [0.15, 0.2) is 35.3 Å². The molecule has 1 aliphatic heterocycles. The van der Waals surface area contributed by atoms with Crippen molar-refractivity contribution in [1.82, 2.24) is 9.88 Å². The first-order valence-corrected chi connectivity index (χ1v) is 7.34. The molecule has 2 aromatic rings. The Kier molecular flexibility index (Phi) is 3.87. The minimum Gasteiger partial charge on any atom is -0.360 e. The van der Waals surface area contributed by atoms with Crippen LogP contribution in [0.1, 0.15) is 23.2 Å². The summed E-state index contributed by atoms with van der Waals surface area (Å²) in [5.74, 6) is -2.18. The third-order valence-corrected chi connectivity index (χ3v) is 4.19. The van der Waals surface area contributed by atoms with E-state index in [-0.39, 0.29) is 24.9 Å². The topological polar surface area (TPSA) is 53.2 Å². The molecule has 0 saturated carbocycles. The molecule has 0 unspecified atom stereocenters. The number of benzene rings is 1. The molecule has 1 aromatic carbocycles. The Hall–Kier alpha value is -2.31. The van der Waals surface area contributed by atoms with Gasteiger partial charge in [0.1, 0.15) is 5.56 Å². The highest BCUT2D eigenvalue weighted by Gasteiger charge is 2.43. The lowest BCUT2D eigenvalue weighted by atomic mass is 9.97. The highest BCUT2D eigenvalue weighted by Crippen LogP contribution is 2.33. The largest absolute Gasteiger partial charge is 0.393 e. The van der Waals surface area contributed by atoms with Gasteiger partial charge in [-0.3, -0.25) is 9.59 Å². The van der Waals surface area contributed by atoms with Crippen LogP contribution in [0.3, 0.4) is 0 Å². The van der Waals surface area contributed by atoms with Gasteiger partial charge < -0.3 is 9.88 Å². The van der Waals surface area contributed by atoms with Gasteiger partial charge in [-0.15, -0.1) is 0 Å². The van der Waals surface area contributed by atoms with Gasteiger partial charge >= 0.3 is 6.18 Å². The number of piperidine rings is 1. The Morgan fingerprint density at radius 2 is 2.00 bits per heavy atom. The molecule has 2 heterocycles. The molecular formula is C16H15F3N2O2. The van der Waals surface area contributed by atoms with Gasteiger partial charge in [0.25, 0.3) is 5.91 Å². The van der Waals surface area contributed by atoms with Crippen molar-refractivity contribution in [2.75, 3.05) is 13.1 Å². The first-order chi connectivity index (χ1) is 10.9. The molecule has 23 heavy (non-hydrogen) atoms. The number of aromatic nitrogens is 1. The normalized spacial score (nSPS) is 19.1. The van der Waals surface area contributed by atoms with Crippen LogP contribution in [0.2, 0.25) is 0 Å². The van der Waals surface area contributed by atoms with E-state index in [0.717, 1.165) is 4.90 Å². The molecule has 4 nitrogen and oxygen atoms in total. The zero-order valence-electron chi connectivity index (χ0n) is 12.2. The maximum Gasteiger partial charge on any atom is 0.393 e. The van der Waals surface area contributed by atoms with Crippen LogP contribution in [0.4, 0.5) is 13.2 Å². The first kappa shape index (κ1) is 15.6. The predicted molar refractivity (Wildman–Crippen MR) is 79.3 cm³/mol. The van der Waals surface area contributed by atoms with Gasteiger partial charge in [-0.25, -0.2) is 0 Å². The van der Waals surface area contributed by atoms with Gasteiger partial charge in [0.2, 0.25) is 5.43 Å². The number of aromatic amines is 1. The SMILES string of the molecule is O=C(c1c[nH]c2ccccc2c1=O)N1CCC[C@@H](C(F)(F)F)C1. The summed E-state index contributed by atoms with van der Waals surface area (Å²) in [4.78, 5) is 28.9. The number of carbonyl (C=O) groups is 1. The molecule has 0 aliphatic carbocycles. The Balaban J connectivity index is 1.91. The molecule has 1 aliphatic rings. The van der Waals surface area contributed by atoms with Gasteiger partial charge in [0.15, 0.2) is 0 Å². The summed E-state index contributed by atoms with van der Waals surface area (Å²) in [6.45, 7) is -0.160. The molecule has 1 fully saturated rings. The maximum atomic E-state index is 12.9. The van der Waals surface area contributed by atoms with Crippen LogP contribution in [-0.4, -0.2) is 35.1 Å². The molecule has 1 aromatic heterocycles. The number of nitrogens with zero attached hydrogens (tertiary/aromatic N) is 1. The second kappa shape index (κ2) is 5.72. The number of para-hydroxylation sites is 1. The summed E-state index contributed by atoms with van der Waals surface area (Å²) >= 11 is 0. The Labute approximate surface area is 129 Å². The molecule has 1 N–H and O–H groups in total. The second-order valence-electron chi connectivity index (χ2n) is 5.71. The van der Waals surface area contributed by atoms with E-state index in [9.17, 15) is 22.8 Å². The summed E-state index contributed by atoms with van der Waals surface area (Å²) in [6, 6.07) is 6.70. The summed E-state index contributed by atoms with van der Waals surface area (Å²) in [5.41, 5.74) is 0.00543. The third kappa shape index (κ3) is 2.95. The number of rotatable bonds is 1. The number of likely N-dealkylation sites (tertiary alicyclic amines) is 1. The maximum absolute atomic E-state index is 12.9. The van der Waals surface area contributed by atoms with Crippen molar-refractivity contribution < 1.29 is 18.0 Å². The zero-order valence-corrected chi connectivity index (χ0v) is 12.2. The van der Waals surface area contributed by atoms with Crippen molar-refractivity contribution >= 4 is 16.8 Å². The Bertz CT molecular complexity index is 798. The monoisotopic (exact) mass is 324 g/mol. The number of fused-ring (bicyclic) bond motifs is 1. The molecule has 0 radical (unpaired) electrons. The van der Waals surface area contributed by atoms with E-state index in [1.165, 1.54) is 6.20 Å². The fourth-order valence-electron chi connectivity index (χ4n) is 2.93. The van der Waals surface area contributed by atoms with Crippen LogP contribution in [0, 0.1) is 5.92 Å². The summed E-state index contributed by atoms with van der Waals surface area (Å²) in [5, 5.41) is 0.350. The van der Waals surface area contributed by atoms with Crippen LogP contribution in [0.5, 0.6) is 0 Å². The highest BCUT2D eigenvalue weighted by molar-refractivity contribution is 5.97. The van der Waals surface area contributed by atoms with E-state index in [1.54, 1.807) is 24.3 Å². The number of carbonyl (C=O) groups excluding carboxylic acids is 1. The van der Waals surface area contributed by atoms with Crippen molar-refractivity contribution in [3.63, 3.8) is 0 Å². The quantitative estimate of drug-likeness (QED) is 0.877. The lowest BCUT2D eigenvalue weighted by Crippen LogP contribution is -2.45. The number of hydrogen-bond acceptors (Lipinski definition) is 2. The first-order valence-electron chi connectivity index (χ1n) is 7.34. The molecule has 1 atom stereocenters. The van der Waals surface area contributed by atoms with Gasteiger partial charge in [0.05, 0.1) is 5.92 Å². The van der Waals surface area contributed by atoms with Crippen LogP contribution < -0.4 is 5.43 Å². The smallest absolute Gasteiger partial charge is 0.360 e. The molecule has 0 bridgehead atoms. The van der Waals surface area contributed by atoms with E-state index in [0.29, 0.717) is 10.9 Å². The Morgan fingerprint density at radius 1 is 1.26 bits per heavy atom. The van der Waals surface area contributed by atoms with Gasteiger partial charge in [0, 0.05) is 30.2 Å². The van der Waals surface area contributed by atoms with Gasteiger partial charge in [-0.2, -0.15) is 13.2 Å². The summed E-state index contributed by atoms with van der Waals surface area (Å²) in [7, 11) is 0. The van der Waals surface area contributed by atoms with E-state index in [2.05, 4.69) is 4.98 Å². The van der Waals surface area contributed by atoms with Crippen molar-refractivity contribution in [3.8, 4) is 0 Å². The molecule has 0 spiro atoms. The van der Waals surface area contributed by atoms with E-state index in [4.69, 9.17) is 0 Å². The minimum atomic E-state index is -4.32. The number of amides is 1. The van der Waals surface area contributed by atoms with Gasteiger partial charge in [-0.05, 0) is 25.0 Å². The van der Waals surface area contributed by atoms with E-state index < -0.39 is 30.0 Å². The Morgan fingerprint density at radius 3 is 2.74 bits per heavy atom. The predicted octanol–water partition coefficient (Wildman–Crippen LogP) is 2.94. The molecule has 1 saturated heterocycles. The van der Waals surface area contributed by atoms with Crippen molar-refractivity contribution in [2.24, 2.45) is 5.92 Å². The lowest BCUT2D eigenvalue weighted by Gasteiger charge is -2.33. The number of H-pyrrole nitrogens is 1. The van der Waals surface area contributed by atoms with Crippen LogP contribution in [-0.2, 0) is 0 Å². The molecule has 7 heteroatoms. The molecule has 1 amide bonds. The minimum absolute atomic E-state index is 0.0152. The van der Waals surface area contributed by atoms with Crippen LogP contribution >= 0.6 is 0 Å². The average Bonchev–Trinajstić information content (AvgIpc) is 2.54. The highest BCUT2D eigenvalue weighted by atomic mass is 19.4. The standard InChI is InChI=1S/C16H15F3N2O2/c17-16(18,19)10-4-3-7-21(9-10)15(23)12-8-20-13-6-2-1-5-11(13)14(12)22/h1-2,5-6,8,10H,3-4,7,9H2,(H,20,22)/t10-/m1/s1. The van der Waals surface area contributed by atoms with E-state index in [1.807, 2.05) is 0 Å². The third-order valence-electron chi connectivity index (χ3n) is 4.19. The molecule has 3 rings (SSSR count). The average molecular weight is 324 g/mol. The molecular weight excluding hydrogens is 309 g/mol. The number of hydrogen-bond donors (Lipinski definition) is 1. The van der Waals surface area contributed by atoms with E-state index >= 15 is 0 Å². The van der Waals surface area contributed by atoms with Gasteiger partial charge in [-0.1, -0.05) is 12.1 Å².